The Balaban J connectivity index is 1.59. The van der Waals surface area contributed by atoms with Gasteiger partial charge in [-0.1, -0.05) is 43.5 Å². The monoisotopic (exact) mass is 486 g/mol. The second kappa shape index (κ2) is 8.46. The Kier molecular flexibility index (Phi) is 5.37. The van der Waals surface area contributed by atoms with Crippen molar-refractivity contribution in [3.63, 3.8) is 0 Å². The van der Waals surface area contributed by atoms with Crippen molar-refractivity contribution in [1.82, 2.24) is 24.5 Å². The number of aryl methyl sites for hydroxylation is 1. The van der Waals surface area contributed by atoms with Gasteiger partial charge in [-0.3, -0.25) is 0 Å². The first-order valence-corrected chi connectivity index (χ1v) is 12.7. The zero-order valence-corrected chi connectivity index (χ0v) is 20.7. The number of hydrogen-bond donors (Lipinski definition) is 0. The van der Waals surface area contributed by atoms with E-state index < -0.39 is 0 Å². The fourth-order valence-electron chi connectivity index (χ4n) is 5.69. The number of benzene rings is 1. The van der Waals surface area contributed by atoms with Crippen LogP contribution in [-0.2, 0) is 12.0 Å². The Morgan fingerprint density at radius 1 is 1.17 bits per heavy atom. The summed E-state index contributed by atoms with van der Waals surface area (Å²) in [5.74, 6) is 3.22. The minimum Gasteiger partial charge on any atom is -0.448 e. The first kappa shape index (κ1) is 22.2. The molecule has 8 heteroatoms. The lowest BCUT2D eigenvalue weighted by Crippen LogP contribution is -2.23. The van der Waals surface area contributed by atoms with Gasteiger partial charge in [-0.05, 0) is 56.6 Å². The van der Waals surface area contributed by atoms with E-state index >= 15 is 0 Å². The smallest absolute Gasteiger partial charge is 0.234 e. The molecule has 2 aliphatic carbocycles. The zero-order valence-electron chi connectivity index (χ0n) is 20.0. The highest BCUT2D eigenvalue weighted by Crippen LogP contribution is 2.54. The molecular weight excluding hydrogens is 460 g/mol. The van der Waals surface area contributed by atoms with E-state index in [1.165, 1.54) is 32.1 Å². The van der Waals surface area contributed by atoms with Gasteiger partial charge in [0.25, 0.3) is 0 Å². The lowest BCUT2D eigenvalue weighted by Gasteiger charge is -2.28. The molecule has 2 aliphatic rings. The topological polar surface area (TPSA) is 93.4 Å². The van der Waals surface area contributed by atoms with Gasteiger partial charge in [-0.2, -0.15) is 10.2 Å². The average molecular weight is 487 g/mol. The van der Waals surface area contributed by atoms with E-state index in [9.17, 15) is 5.26 Å². The van der Waals surface area contributed by atoms with E-state index in [4.69, 9.17) is 21.0 Å². The number of hydrogen-bond acceptors (Lipinski definition) is 6. The van der Waals surface area contributed by atoms with Gasteiger partial charge in [0.2, 0.25) is 5.82 Å². The van der Waals surface area contributed by atoms with E-state index in [2.05, 4.69) is 32.5 Å². The van der Waals surface area contributed by atoms with Crippen LogP contribution in [0.1, 0.15) is 68.6 Å². The number of imidazole rings is 1. The van der Waals surface area contributed by atoms with E-state index in [-0.39, 0.29) is 11.2 Å². The molecule has 35 heavy (non-hydrogen) atoms. The molecule has 0 spiro atoms. The van der Waals surface area contributed by atoms with Crippen LogP contribution in [0, 0.1) is 30.1 Å². The van der Waals surface area contributed by atoms with Gasteiger partial charge >= 0.3 is 0 Å². The highest BCUT2D eigenvalue weighted by Gasteiger charge is 2.53. The van der Waals surface area contributed by atoms with Crippen molar-refractivity contribution in [2.45, 2.75) is 64.3 Å². The van der Waals surface area contributed by atoms with Crippen LogP contribution in [0.5, 0.6) is 0 Å². The second-order valence-corrected chi connectivity index (χ2v) is 10.6. The van der Waals surface area contributed by atoms with Crippen molar-refractivity contribution in [3.05, 3.63) is 58.8 Å². The number of nitriles is 1. The summed E-state index contributed by atoms with van der Waals surface area (Å²) in [6.07, 6.45) is 8.31. The lowest BCUT2D eigenvalue weighted by molar-refractivity contribution is 0.264. The fraction of sp³-hybridized carbons (Fsp3) is 0.444. The summed E-state index contributed by atoms with van der Waals surface area (Å²) in [6, 6.07) is 9.73. The van der Waals surface area contributed by atoms with Crippen molar-refractivity contribution < 1.29 is 4.42 Å². The molecule has 2 fully saturated rings. The molecule has 0 aliphatic heterocycles. The molecule has 3 heterocycles. The predicted octanol–water partition coefficient (Wildman–Crippen LogP) is 6.22. The maximum Gasteiger partial charge on any atom is 0.234 e. The van der Waals surface area contributed by atoms with E-state index in [0.29, 0.717) is 22.3 Å². The normalized spacial score (nSPS) is 21.2. The van der Waals surface area contributed by atoms with Crippen molar-refractivity contribution >= 4 is 22.8 Å². The van der Waals surface area contributed by atoms with Crippen LogP contribution in [0.4, 0.5) is 0 Å². The van der Waals surface area contributed by atoms with Gasteiger partial charge in [-0.15, -0.1) is 0 Å². The maximum atomic E-state index is 9.69. The molecule has 3 aromatic heterocycles. The van der Waals surface area contributed by atoms with Crippen molar-refractivity contribution in [3.8, 4) is 17.3 Å². The number of halogens is 1. The second-order valence-electron chi connectivity index (χ2n) is 10.2. The molecule has 0 radical (unpaired) electrons. The summed E-state index contributed by atoms with van der Waals surface area (Å²) >= 11 is 6.35. The average Bonchev–Trinajstić information content (AvgIpc) is 3.40. The van der Waals surface area contributed by atoms with Crippen LogP contribution in [0.15, 0.2) is 35.1 Å². The van der Waals surface area contributed by atoms with Gasteiger partial charge in [0, 0.05) is 17.1 Å². The molecule has 1 aromatic carbocycles. The summed E-state index contributed by atoms with van der Waals surface area (Å²) in [4.78, 5) is 18.9. The number of aromatic nitrogens is 5. The molecule has 2 saturated carbocycles. The largest absolute Gasteiger partial charge is 0.448 e. The van der Waals surface area contributed by atoms with Crippen LogP contribution < -0.4 is 0 Å². The fourth-order valence-corrected chi connectivity index (χ4v) is 5.88. The summed E-state index contributed by atoms with van der Waals surface area (Å²) in [6.45, 7) is 5.15. The van der Waals surface area contributed by atoms with Gasteiger partial charge in [0.05, 0.1) is 11.1 Å². The van der Waals surface area contributed by atoms with Gasteiger partial charge in [0.15, 0.2) is 12.0 Å². The quantitative estimate of drug-likeness (QED) is 0.332. The first-order valence-electron chi connectivity index (χ1n) is 12.3. The SMILES string of the molecule is Cc1ocnc1C1(c2nc3nc(C#N)nc(-c4cccc(Cl)c4)c3n2C[C@H]2CC[C@H](C)CC2)CC1. The number of nitrogens with zero attached hydrogens (tertiary/aromatic N) is 6. The minimum atomic E-state index is -0.294. The summed E-state index contributed by atoms with van der Waals surface area (Å²) in [5, 5.41) is 10.3. The predicted molar refractivity (Wildman–Crippen MR) is 133 cm³/mol. The first-order chi connectivity index (χ1) is 17.0. The van der Waals surface area contributed by atoms with Gasteiger partial charge in [0.1, 0.15) is 28.9 Å². The van der Waals surface area contributed by atoms with Gasteiger partial charge < -0.3 is 8.98 Å². The number of rotatable bonds is 5. The van der Waals surface area contributed by atoms with E-state index in [0.717, 1.165) is 53.7 Å². The van der Waals surface area contributed by atoms with Crippen molar-refractivity contribution in [2.24, 2.45) is 11.8 Å². The molecule has 7 nitrogen and oxygen atoms in total. The van der Waals surface area contributed by atoms with Crippen LogP contribution >= 0.6 is 11.6 Å². The Morgan fingerprint density at radius 2 is 1.97 bits per heavy atom. The Hall–Kier alpha value is -3.24. The molecule has 6 rings (SSSR count). The minimum absolute atomic E-state index is 0.109. The Bertz CT molecular complexity index is 1450. The molecule has 4 aromatic rings. The number of fused-ring (bicyclic) bond motifs is 1. The standard InChI is InChI=1S/C27H27ClN6O/c1-16-6-8-18(9-7-16)14-34-23-22(19-4-3-5-20(28)12-19)31-21(13-29)32-25(23)33-26(34)27(10-11-27)24-17(2)35-15-30-24/h3-5,12,15-16,18H,6-11,14H2,1-2H3/t16-,18-. The third kappa shape index (κ3) is 3.81. The summed E-state index contributed by atoms with van der Waals surface area (Å²) < 4.78 is 7.92. The highest BCUT2D eigenvalue weighted by molar-refractivity contribution is 6.30. The van der Waals surface area contributed by atoms with Crippen LogP contribution in [-0.4, -0.2) is 24.5 Å². The molecule has 178 valence electrons. The molecule has 0 saturated heterocycles. The third-order valence-electron chi connectivity index (χ3n) is 7.75. The highest BCUT2D eigenvalue weighted by atomic mass is 35.5. The molecule has 0 atom stereocenters. The molecule has 0 amide bonds. The molecular formula is C27H27ClN6O. The van der Waals surface area contributed by atoms with Crippen molar-refractivity contribution in [2.75, 3.05) is 0 Å². The Morgan fingerprint density at radius 3 is 2.63 bits per heavy atom. The van der Waals surface area contributed by atoms with E-state index in [1.807, 2.05) is 31.2 Å². The molecule has 0 unspecified atom stereocenters. The van der Waals surface area contributed by atoms with Crippen LogP contribution in [0.2, 0.25) is 5.02 Å². The summed E-state index contributed by atoms with van der Waals surface area (Å²) in [5.41, 5.74) is 3.63. The van der Waals surface area contributed by atoms with Crippen LogP contribution in [0.3, 0.4) is 0 Å². The van der Waals surface area contributed by atoms with Crippen LogP contribution in [0.25, 0.3) is 22.4 Å². The van der Waals surface area contributed by atoms with Gasteiger partial charge in [-0.25, -0.2) is 15.0 Å². The third-order valence-corrected chi connectivity index (χ3v) is 7.99. The zero-order chi connectivity index (χ0) is 24.2. The Labute approximate surface area is 209 Å². The lowest BCUT2D eigenvalue weighted by atomic mass is 9.83. The number of oxazole rings is 1. The maximum absolute atomic E-state index is 9.69. The molecule has 0 bridgehead atoms. The van der Waals surface area contributed by atoms with E-state index in [1.54, 1.807) is 0 Å². The summed E-state index contributed by atoms with van der Waals surface area (Å²) in [7, 11) is 0. The molecule has 0 N–H and O–H groups in total. The van der Waals surface area contributed by atoms with Crippen molar-refractivity contribution in [1.29, 1.82) is 5.26 Å².